The Kier molecular flexibility index (Phi) is 7.04. The van der Waals surface area contributed by atoms with Crippen LogP contribution in [0.25, 0.3) is 0 Å². The number of nitrogens with zero attached hydrogens (tertiary/aromatic N) is 3. The lowest BCUT2D eigenvalue weighted by molar-refractivity contribution is 0.0533. The quantitative estimate of drug-likeness (QED) is 0.514. The van der Waals surface area contributed by atoms with Crippen LogP contribution in [0.2, 0.25) is 0 Å². The van der Waals surface area contributed by atoms with Gasteiger partial charge in [0.05, 0.1) is 16.8 Å². The zero-order valence-corrected chi connectivity index (χ0v) is 19.1. The van der Waals surface area contributed by atoms with Crippen LogP contribution in [0.4, 0.5) is 0 Å². The first-order valence-electron chi connectivity index (χ1n) is 10.4. The van der Waals surface area contributed by atoms with Crippen molar-refractivity contribution in [1.82, 2.24) is 14.8 Å². The molecule has 5 nitrogen and oxygen atoms in total. The Morgan fingerprint density at radius 1 is 0.968 bits per heavy atom. The number of amides is 2. The molecule has 31 heavy (non-hydrogen) atoms. The Balaban J connectivity index is 1.37. The van der Waals surface area contributed by atoms with Crippen molar-refractivity contribution < 1.29 is 9.59 Å². The molecule has 3 aromatic rings. The highest BCUT2D eigenvalue weighted by molar-refractivity contribution is 7.98. The van der Waals surface area contributed by atoms with Gasteiger partial charge in [0, 0.05) is 47.8 Å². The van der Waals surface area contributed by atoms with Gasteiger partial charge in [-0.3, -0.25) is 9.59 Å². The SMILES string of the molecule is CCc1ccc(C(=O)N2CCN(C(=O)c3ccccc3SCc3cscn3)CC2)cc1. The summed E-state index contributed by atoms with van der Waals surface area (Å²) in [5.41, 5.74) is 5.50. The summed E-state index contributed by atoms with van der Waals surface area (Å²) in [4.78, 5) is 35.0. The summed E-state index contributed by atoms with van der Waals surface area (Å²) >= 11 is 3.21. The van der Waals surface area contributed by atoms with E-state index in [4.69, 9.17) is 0 Å². The molecule has 0 saturated carbocycles. The minimum absolute atomic E-state index is 0.0285. The molecular weight excluding hydrogens is 426 g/mol. The van der Waals surface area contributed by atoms with Crippen LogP contribution in [0.5, 0.6) is 0 Å². The van der Waals surface area contributed by atoms with E-state index in [1.807, 2.05) is 69.2 Å². The highest BCUT2D eigenvalue weighted by Crippen LogP contribution is 2.27. The van der Waals surface area contributed by atoms with E-state index in [-0.39, 0.29) is 11.8 Å². The van der Waals surface area contributed by atoms with Gasteiger partial charge in [-0.2, -0.15) is 0 Å². The van der Waals surface area contributed by atoms with Crippen LogP contribution in [0.3, 0.4) is 0 Å². The average molecular weight is 452 g/mol. The van der Waals surface area contributed by atoms with Crippen molar-refractivity contribution >= 4 is 34.9 Å². The van der Waals surface area contributed by atoms with Crippen molar-refractivity contribution in [2.75, 3.05) is 26.2 Å². The van der Waals surface area contributed by atoms with Gasteiger partial charge in [-0.05, 0) is 36.2 Å². The van der Waals surface area contributed by atoms with E-state index in [9.17, 15) is 9.59 Å². The third-order valence-electron chi connectivity index (χ3n) is 5.44. The Morgan fingerprint density at radius 3 is 2.29 bits per heavy atom. The minimum atomic E-state index is 0.0285. The fourth-order valence-corrected chi connectivity index (χ4v) is 5.19. The number of hydrogen-bond donors (Lipinski definition) is 0. The van der Waals surface area contributed by atoms with Gasteiger partial charge in [0.15, 0.2) is 0 Å². The van der Waals surface area contributed by atoms with E-state index in [0.29, 0.717) is 31.7 Å². The number of thiazole rings is 1. The minimum Gasteiger partial charge on any atom is -0.335 e. The lowest BCUT2D eigenvalue weighted by atomic mass is 10.1. The molecule has 0 aliphatic carbocycles. The van der Waals surface area contributed by atoms with Crippen LogP contribution in [0.1, 0.15) is 38.9 Å². The molecule has 1 saturated heterocycles. The van der Waals surface area contributed by atoms with Crippen LogP contribution in [0.15, 0.2) is 64.3 Å². The van der Waals surface area contributed by atoms with Crippen LogP contribution in [0, 0.1) is 0 Å². The van der Waals surface area contributed by atoms with Crippen LogP contribution >= 0.6 is 23.1 Å². The lowest BCUT2D eigenvalue weighted by Gasteiger charge is -2.35. The monoisotopic (exact) mass is 451 g/mol. The molecule has 0 atom stereocenters. The molecule has 1 aromatic heterocycles. The van der Waals surface area contributed by atoms with E-state index in [1.165, 1.54) is 5.56 Å². The molecule has 4 rings (SSSR count). The van der Waals surface area contributed by atoms with Gasteiger partial charge in [0.25, 0.3) is 11.8 Å². The maximum absolute atomic E-state index is 13.2. The second-order valence-corrected chi connectivity index (χ2v) is 9.14. The first kappa shape index (κ1) is 21.6. The topological polar surface area (TPSA) is 53.5 Å². The summed E-state index contributed by atoms with van der Waals surface area (Å²) in [6.07, 6.45) is 0.957. The fourth-order valence-electron chi connectivity index (χ4n) is 3.58. The number of hydrogen-bond acceptors (Lipinski definition) is 5. The molecule has 0 radical (unpaired) electrons. The highest BCUT2D eigenvalue weighted by atomic mass is 32.2. The van der Waals surface area contributed by atoms with Crippen molar-refractivity contribution in [2.45, 2.75) is 24.0 Å². The molecule has 2 aromatic carbocycles. The fraction of sp³-hybridized carbons (Fsp3) is 0.292. The van der Waals surface area contributed by atoms with E-state index in [1.54, 1.807) is 23.1 Å². The number of rotatable bonds is 6. The van der Waals surface area contributed by atoms with Crippen molar-refractivity contribution in [2.24, 2.45) is 0 Å². The second-order valence-electron chi connectivity index (χ2n) is 7.40. The molecule has 1 aliphatic heterocycles. The Bertz CT molecular complexity index is 1030. The molecule has 0 bridgehead atoms. The third-order valence-corrected chi connectivity index (χ3v) is 7.18. The van der Waals surface area contributed by atoms with Crippen molar-refractivity contribution in [3.63, 3.8) is 0 Å². The maximum atomic E-state index is 13.2. The Hall–Kier alpha value is -2.64. The van der Waals surface area contributed by atoms with Crippen molar-refractivity contribution in [1.29, 1.82) is 0 Å². The number of aryl methyl sites for hydroxylation is 1. The number of aromatic nitrogens is 1. The highest BCUT2D eigenvalue weighted by Gasteiger charge is 2.26. The molecule has 0 N–H and O–H groups in total. The summed E-state index contributed by atoms with van der Waals surface area (Å²) in [5.74, 6) is 0.808. The number of thioether (sulfide) groups is 1. The predicted molar refractivity (Wildman–Crippen MR) is 126 cm³/mol. The molecule has 0 unspecified atom stereocenters. The van der Waals surface area contributed by atoms with Crippen LogP contribution in [-0.2, 0) is 12.2 Å². The maximum Gasteiger partial charge on any atom is 0.255 e. The van der Waals surface area contributed by atoms with E-state index < -0.39 is 0 Å². The van der Waals surface area contributed by atoms with E-state index in [0.717, 1.165) is 28.3 Å². The number of carbonyl (C=O) groups is 2. The van der Waals surface area contributed by atoms with Gasteiger partial charge in [0.2, 0.25) is 0 Å². The summed E-state index contributed by atoms with van der Waals surface area (Å²) in [7, 11) is 0. The Labute approximate surface area is 191 Å². The standard InChI is InChI=1S/C24H25N3O2S2/c1-2-18-7-9-19(10-8-18)23(28)26-11-13-27(14-12-26)24(29)21-5-3-4-6-22(21)31-16-20-15-30-17-25-20/h3-10,15,17H,2,11-14,16H2,1H3. The first-order valence-corrected chi connectivity index (χ1v) is 12.3. The van der Waals surface area contributed by atoms with Gasteiger partial charge in [-0.25, -0.2) is 4.98 Å². The molecule has 160 valence electrons. The molecule has 0 spiro atoms. The molecule has 2 amide bonds. The summed E-state index contributed by atoms with van der Waals surface area (Å²) < 4.78 is 0. The largest absolute Gasteiger partial charge is 0.335 e. The smallest absolute Gasteiger partial charge is 0.255 e. The van der Waals surface area contributed by atoms with Crippen molar-refractivity contribution in [3.05, 3.63) is 81.8 Å². The van der Waals surface area contributed by atoms with Gasteiger partial charge < -0.3 is 9.80 Å². The molecule has 1 fully saturated rings. The zero-order chi connectivity index (χ0) is 21.6. The van der Waals surface area contributed by atoms with Crippen LogP contribution < -0.4 is 0 Å². The van der Waals surface area contributed by atoms with Crippen LogP contribution in [-0.4, -0.2) is 52.8 Å². The zero-order valence-electron chi connectivity index (χ0n) is 17.5. The molecule has 2 heterocycles. The van der Waals surface area contributed by atoms with Gasteiger partial charge in [0.1, 0.15) is 0 Å². The Morgan fingerprint density at radius 2 is 1.65 bits per heavy atom. The van der Waals surface area contributed by atoms with Crippen molar-refractivity contribution in [3.8, 4) is 0 Å². The summed E-state index contributed by atoms with van der Waals surface area (Å²) in [6.45, 7) is 4.29. The molecule has 1 aliphatic rings. The molecular formula is C24H25N3O2S2. The van der Waals surface area contributed by atoms with E-state index in [2.05, 4.69) is 11.9 Å². The van der Waals surface area contributed by atoms with E-state index >= 15 is 0 Å². The predicted octanol–water partition coefficient (Wildman–Crippen LogP) is 4.60. The number of benzene rings is 2. The normalized spacial score (nSPS) is 14.0. The third kappa shape index (κ3) is 5.17. The van der Waals surface area contributed by atoms with Gasteiger partial charge in [-0.1, -0.05) is 31.2 Å². The van der Waals surface area contributed by atoms with Gasteiger partial charge in [-0.15, -0.1) is 23.1 Å². The number of piperazine rings is 1. The summed E-state index contributed by atoms with van der Waals surface area (Å²) in [5, 5.41) is 2.03. The average Bonchev–Trinajstić information content (AvgIpc) is 3.36. The number of carbonyl (C=O) groups excluding carboxylic acids is 2. The first-order chi connectivity index (χ1) is 15.2. The molecule has 7 heteroatoms. The second kappa shape index (κ2) is 10.1. The van der Waals surface area contributed by atoms with Gasteiger partial charge >= 0.3 is 0 Å². The summed E-state index contributed by atoms with van der Waals surface area (Å²) in [6, 6.07) is 15.5. The lowest BCUT2D eigenvalue weighted by Crippen LogP contribution is -2.50.